The van der Waals surface area contributed by atoms with E-state index in [1.54, 1.807) is 0 Å². The van der Waals surface area contributed by atoms with Crippen LogP contribution in [0.15, 0.2) is 48.5 Å². The fraction of sp³-hybridized carbons (Fsp3) is 0.263. The number of ether oxygens (including phenoxy) is 1. The van der Waals surface area contributed by atoms with Gasteiger partial charge in [0, 0.05) is 10.8 Å². The smallest absolute Gasteiger partial charge is 0.134 e. The second kappa shape index (κ2) is 5.54. The minimum atomic E-state index is 0.763. The van der Waals surface area contributed by atoms with Crippen LogP contribution in [-0.2, 0) is 6.42 Å². The minimum absolute atomic E-state index is 0.763. The van der Waals surface area contributed by atoms with Gasteiger partial charge >= 0.3 is 0 Å². The molecule has 1 heteroatoms. The fourth-order valence-corrected chi connectivity index (χ4v) is 2.65. The van der Waals surface area contributed by atoms with Crippen LogP contribution in [0.1, 0.15) is 25.8 Å². The lowest BCUT2D eigenvalue weighted by Gasteiger charge is -2.13. The lowest BCUT2D eigenvalue weighted by molar-refractivity contribution is 0.325. The molecule has 0 aliphatic carbocycles. The van der Waals surface area contributed by atoms with E-state index in [-0.39, 0.29) is 0 Å². The molecule has 0 fully saturated rings. The van der Waals surface area contributed by atoms with E-state index < -0.39 is 0 Å². The zero-order chi connectivity index (χ0) is 13.9. The maximum absolute atomic E-state index is 6.08. The molecule has 0 amide bonds. The summed E-state index contributed by atoms with van der Waals surface area (Å²) in [5, 5.41) is 4.94. The highest BCUT2D eigenvalue weighted by atomic mass is 16.5. The molecule has 0 saturated carbocycles. The van der Waals surface area contributed by atoms with Crippen molar-refractivity contribution in [1.82, 2.24) is 0 Å². The Kier molecular flexibility index (Phi) is 3.60. The van der Waals surface area contributed by atoms with Crippen molar-refractivity contribution in [2.45, 2.75) is 26.7 Å². The van der Waals surface area contributed by atoms with Crippen LogP contribution in [0.5, 0.6) is 5.75 Å². The van der Waals surface area contributed by atoms with Crippen molar-refractivity contribution in [1.29, 1.82) is 0 Å². The monoisotopic (exact) mass is 264 g/mol. The molecule has 0 saturated heterocycles. The molecular formula is C19H20O. The van der Waals surface area contributed by atoms with Crippen LogP contribution in [0.2, 0.25) is 0 Å². The third kappa shape index (κ3) is 2.24. The van der Waals surface area contributed by atoms with Crippen molar-refractivity contribution in [3.63, 3.8) is 0 Å². The molecule has 0 bridgehead atoms. The molecule has 0 aliphatic heterocycles. The highest BCUT2D eigenvalue weighted by Gasteiger charge is 2.09. The highest BCUT2D eigenvalue weighted by molar-refractivity contribution is 6.05. The summed E-state index contributed by atoms with van der Waals surface area (Å²) in [6.45, 7) is 5.10. The average molecular weight is 264 g/mol. The second-order valence-electron chi connectivity index (χ2n) is 5.18. The Bertz CT molecular complexity index is 743. The normalized spacial score (nSPS) is 11.1. The molecule has 1 nitrogen and oxygen atoms in total. The van der Waals surface area contributed by atoms with Gasteiger partial charge in [0.15, 0.2) is 0 Å². The van der Waals surface area contributed by atoms with E-state index in [1.807, 2.05) is 0 Å². The Labute approximate surface area is 120 Å². The summed E-state index contributed by atoms with van der Waals surface area (Å²) in [6, 6.07) is 17.4. The molecule has 0 unspecified atom stereocenters. The van der Waals surface area contributed by atoms with E-state index in [2.05, 4.69) is 62.4 Å². The summed E-state index contributed by atoms with van der Waals surface area (Å²) in [5.41, 5.74) is 1.36. The van der Waals surface area contributed by atoms with Crippen LogP contribution in [-0.4, -0.2) is 6.61 Å². The Hall–Kier alpha value is -2.02. The quantitative estimate of drug-likeness (QED) is 0.578. The number of fused-ring (bicyclic) bond motifs is 2. The molecule has 0 N–H and O–H groups in total. The molecule has 3 aromatic rings. The maximum Gasteiger partial charge on any atom is 0.134 e. The van der Waals surface area contributed by atoms with E-state index in [9.17, 15) is 0 Å². The molecular weight excluding hydrogens is 244 g/mol. The van der Waals surface area contributed by atoms with Crippen LogP contribution in [0.4, 0.5) is 0 Å². The van der Waals surface area contributed by atoms with Gasteiger partial charge in [-0.3, -0.25) is 0 Å². The standard InChI is InChI=1S/C19H20O/c1-3-11-20-19-17-8-6-5-7-15(17)13-16-10-9-14(4-2)12-18(16)19/h5-10,12-13H,3-4,11H2,1-2H3. The van der Waals surface area contributed by atoms with Gasteiger partial charge in [0.05, 0.1) is 6.61 Å². The van der Waals surface area contributed by atoms with Crippen molar-refractivity contribution in [3.05, 3.63) is 54.1 Å². The Balaban J connectivity index is 2.32. The third-order valence-electron chi connectivity index (χ3n) is 3.74. The van der Waals surface area contributed by atoms with Crippen molar-refractivity contribution in [2.24, 2.45) is 0 Å². The molecule has 20 heavy (non-hydrogen) atoms. The molecule has 0 aliphatic rings. The van der Waals surface area contributed by atoms with E-state index >= 15 is 0 Å². The predicted molar refractivity (Wildman–Crippen MR) is 86.6 cm³/mol. The van der Waals surface area contributed by atoms with Crippen LogP contribution < -0.4 is 4.74 Å². The molecule has 0 aromatic heterocycles. The molecule has 0 heterocycles. The number of rotatable bonds is 4. The van der Waals surface area contributed by atoms with E-state index in [4.69, 9.17) is 4.74 Å². The van der Waals surface area contributed by atoms with E-state index in [1.165, 1.54) is 27.1 Å². The van der Waals surface area contributed by atoms with E-state index in [0.29, 0.717) is 0 Å². The van der Waals surface area contributed by atoms with Gasteiger partial charge in [0.1, 0.15) is 5.75 Å². The SMILES string of the molecule is CCCOc1c2ccccc2cc2ccc(CC)cc12. The van der Waals surface area contributed by atoms with Crippen molar-refractivity contribution < 1.29 is 4.74 Å². The van der Waals surface area contributed by atoms with Crippen LogP contribution >= 0.6 is 0 Å². The van der Waals surface area contributed by atoms with Crippen molar-refractivity contribution in [3.8, 4) is 5.75 Å². The molecule has 0 atom stereocenters. The van der Waals surface area contributed by atoms with Gasteiger partial charge in [-0.1, -0.05) is 50.2 Å². The van der Waals surface area contributed by atoms with Gasteiger partial charge in [-0.15, -0.1) is 0 Å². The summed E-state index contributed by atoms with van der Waals surface area (Å²) in [6.07, 6.45) is 2.08. The van der Waals surface area contributed by atoms with Gasteiger partial charge < -0.3 is 4.74 Å². The lowest BCUT2D eigenvalue weighted by atomic mass is 9.99. The fourth-order valence-electron chi connectivity index (χ4n) is 2.65. The van der Waals surface area contributed by atoms with Gasteiger partial charge in [-0.25, -0.2) is 0 Å². The van der Waals surface area contributed by atoms with Gasteiger partial charge in [-0.05, 0) is 41.3 Å². The molecule has 0 radical (unpaired) electrons. The number of benzene rings is 3. The first kappa shape index (κ1) is 13.0. The third-order valence-corrected chi connectivity index (χ3v) is 3.74. The summed E-state index contributed by atoms with van der Waals surface area (Å²) < 4.78 is 6.08. The summed E-state index contributed by atoms with van der Waals surface area (Å²) in [4.78, 5) is 0. The van der Waals surface area contributed by atoms with E-state index in [0.717, 1.165) is 25.2 Å². The molecule has 3 rings (SSSR count). The lowest BCUT2D eigenvalue weighted by Crippen LogP contribution is -1.97. The number of hydrogen-bond donors (Lipinski definition) is 0. The summed E-state index contributed by atoms with van der Waals surface area (Å²) in [7, 11) is 0. The first-order chi connectivity index (χ1) is 9.83. The average Bonchev–Trinajstić information content (AvgIpc) is 2.51. The van der Waals surface area contributed by atoms with Gasteiger partial charge in [0.2, 0.25) is 0 Å². The Morgan fingerprint density at radius 1 is 0.850 bits per heavy atom. The maximum atomic E-state index is 6.08. The molecule has 3 aromatic carbocycles. The Morgan fingerprint density at radius 2 is 1.65 bits per heavy atom. The van der Waals surface area contributed by atoms with Crippen LogP contribution in [0.3, 0.4) is 0 Å². The minimum Gasteiger partial charge on any atom is -0.492 e. The predicted octanol–water partition coefficient (Wildman–Crippen LogP) is 5.34. The number of aryl methyl sites for hydroxylation is 1. The number of hydrogen-bond acceptors (Lipinski definition) is 1. The van der Waals surface area contributed by atoms with Gasteiger partial charge in [-0.2, -0.15) is 0 Å². The van der Waals surface area contributed by atoms with Crippen LogP contribution in [0, 0.1) is 0 Å². The van der Waals surface area contributed by atoms with Crippen molar-refractivity contribution in [2.75, 3.05) is 6.61 Å². The van der Waals surface area contributed by atoms with Crippen LogP contribution in [0.25, 0.3) is 21.5 Å². The first-order valence-corrected chi connectivity index (χ1v) is 7.40. The Morgan fingerprint density at radius 3 is 2.45 bits per heavy atom. The first-order valence-electron chi connectivity index (χ1n) is 7.40. The zero-order valence-corrected chi connectivity index (χ0v) is 12.1. The summed E-state index contributed by atoms with van der Waals surface area (Å²) >= 11 is 0. The summed E-state index contributed by atoms with van der Waals surface area (Å²) in [5.74, 6) is 1.04. The topological polar surface area (TPSA) is 9.23 Å². The van der Waals surface area contributed by atoms with Crippen molar-refractivity contribution >= 4 is 21.5 Å². The largest absolute Gasteiger partial charge is 0.492 e. The second-order valence-corrected chi connectivity index (χ2v) is 5.18. The zero-order valence-electron chi connectivity index (χ0n) is 12.1. The molecule has 102 valence electrons. The molecule has 0 spiro atoms. The highest BCUT2D eigenvalue weighted by Crippen LogP contribution is 2.35. The van der Waals surface area contributed by atoms with Gasteiger partial charge in [0.25, 0.3) is 0 Å².